The van der Waals surface area contributed by atoms with Crippen molar-refractivity contribution in [1.82, 2.24) is 5.32 Å². The van der Waals surface area contributed by atoms with Crippen molar-refractivity contribution in [2.75, 3.05) is 13.2 Å². The Morgan fingerprint density at radius 2 is 1.46 bits per heavy atom. The second-order valence-corrected chi connectivity index (χ2v) is 8.03. The molecule has 1 atom stereocenters. The van der Waals surface area contributed by atoms with E-state index in [1.807, 2.05) is 36.4 Å². The first-order valence-corrected chi connectivity index (χ1v) is 10.6. The highest BCUT2D eigenvalue weighted by molar-refractivity contribution is 7.89. The van der Waals surface area contributed by atoms with Gasteiger partial charge < -0.3 is 10.1 Å². The molecule has 1 unspecified atom stereocenters. The molecule has 0 amide bonds. The number of rotatable bonds is 9. The fourth-order valence-electron chi connectivity index (χ4n) is 2.97. The van der Waals surface area contributed by atoms with Gasteiger partial charge in [0.25, 0.3) is 0 Å². The number of nitrogens with one attached hydrogen (secondary N) is 1. The van der Waals surface area contributed by atoms with Gasteiger partial charge in [-0.05, 0) is 41.8 Å². The molecule has 0 fully saturated rings. The first-order valence-electron chi connectivity index (χ1n) is 9.10. The maximum atomic E-state index is 11.3. The van der Waals surface area contributed by atoms with Crippen LogP contribution in [0.25, 0.3) is 0 Å². The highest BCUT2D eigenvalue weighted by atomic mass is 32.2. The Balaban J connectivity index is 1.56. The van der Waals surface area contributed by atoms with Crippen LogP contribution in [-0.4, -0.2) is 21.6 Å². The van der Waals surface area contributed by atoms with E-state index in [0.29, 0.717) is 18.9 Å². The van der Waals surface area contributed by atoms with Crippen LogP contribution < -0.4 is 15.2 Å². The lowest BCUT2D eigenvalue weighted by atomic mass is 9.99. The van der Waals surface area contributed by atoms with Crippen molar-refractivity contribution in [2.24, 2.45) is 5.14 Å². The molecule has 6 heteroatoms. The second-order valence-electron chi connectivity index (χ2n) is 6.47. The number of hydrogen-bond acceptors (Lipinski definition) is 4. The molecule has 0 saturated heterocycles. The van der Waals surface area contributed by atoms with Crippen LogP contribution in [0, 0.1) is 0 Å². The molecule has 0 aliphatic heterocycles. The van der Waals surface area contributed by atoms with Crippen LogP contribution in [0.1, 0.15) is 17.2 Å². The molecule has 0 aliphatic carbocycles. The van der Waals surface area contributed by atoms with Crippen molar-refractivity contribution in [3.8, 4) is 5.75 Å². The van der Waals surface area contributed by atoms with Gasteiger partial charge in [0.2, 0.25) is 10.0 Å². The summed E-state index contributed by atoms with van der Waals surface area (Å²) in [7, 11) is -3.68. The molecule has 0 aliphatic rings. The van der Waals surface area contributed by atoms with Crippen LogP contribution in [0.3, 0.4) is 0 Å². The Kier molecular flexibility index (Phi) is 6.81. The Bertz CT molecular complexity index is 960. The zero-order valence-corrected chi connectivity index (χ0v) is 16.3. The van der Waals surface area contributed by atoms with Gasteiger partial charge in [-0.15, -0.1) is 0 Å². The lowest BCUT2D eigenvalue weighted by molar-refractivity contribution is 0.305. The number of ether oxygens (including phenoxy) is 1. The molecule has 5 nitrogen and oxygen atoms in total. The lowest BCUT2D eigenvalue weighted by Gasteiger charge is -2.20. The third-order valence-corrected chi connectivity index (χ3v) is 5.33. The predicted molar refractivity (Wildman–Crippen MR) is 111 cm³/mol. The summed E-state index contributed by atoms with van der Waals surface area (Å²) in [5, 5.41) is 8.65. The molecule has 0 heterocycles. The summed E-state index contributed by atoms with van der Waals surface area (Å²) < 4.78 is 28.3. The minimum absolute atomic E-state index is 0.0741. The quantitative estimate of drug-likeness (QED) is 0.544. The number of sulfonamides is 1. The Hall–Kier alpha value is -2.67. The van der Waals surface area contributed by atoms with E-state index in [-0.39, 0.29) is 10.9 Å². The summed E-state index contributed by atoms with van der Waals surface area (Å²) in [5.41, 5.74) is 2.49. The smallest absolute Gasteiger partial charge is 0.238 e. The fraction of sp³-hybridized carbons (Fsp3) is 0.182. The van der Waals surface area contributed by atoms with Gasteiger partial charge in [0.1, 0.15) is 12.4 Å². The van der Waals surface area contributed by atoms with E-state index in [2.05, 4.69) is 29.6 Å². The predicted octanol–water partition coefficient (Wildman–Crippen LogP) is 3.29. The minimum atomic E-state index is -3.68. The van der Waals surface area contributed by atoms with Crippen molar-refractivity contribution in [3.63, 3.8) is 0 Å². The van der Waals surface area contributed by atoms with Gasteiger partial charge in [-0.3, -0.25) is 0 Å². The van der Waals surface area contributed by atoms with E-state index in [0.717, 1.165) is 6.42 Å². The third-order valence-electron chi connectivity index (χ3n) is 4.40. The molecule has 0 saturated carbocycles. The molecular weight excluding hydrogens is 372 g/mol. The normalized spacial score (nSPS) is 12.5. The molecular formula is C22H24N2O3S. The van der Waals surface area contributed by atoms with Gasteiger partial charge in [-0.2, -0.15) is 0 Å². The lowest BCUT2D eigenvalue weighted by Crippen LogP contribution is -2.27. The SMILES string of the molecule is NS(=O)(=O)c1ccc(OCCNC(Cc2ccccc2)c2ccccc2)cc1. The Morgan fingerprint density at radius 1 is 0.857 bits per heavy atom. The van der Waals surface area contributed by atoms with E-state index in [4.69, 9.17) is 9.88 Å². The zero-order chi connectivity index (χ0) is 19.8. The van der Waals surface area contributed by atoms with Crippen LogP contribution >= 0.6 is 0 Å². The van der Waals surface area contributed by atoms with E-state index < -0.39 is 10.0 Å². The molecule has 0 radical (unpaired) electrons. The largest absolute Gasteiger partial charge is 0.492 e. The summed E-state index contributed by atoms with van der Waals surface area (Å²) in [6, 6.07) is 27.0. The maximum Gasteiger partial charge on any atom is 0.238 e. The molecule has 0 bridgehead atoms. The van der Waals surface area contributed by atoms with Crippen molar-refractivity contribution in [1.29, 1.82) is 0 Å². The van der Waals surface area contributed by atoms with Crippen LogP contribution in [-0.2, 0) is 16.4 Å². The van der Waals surface area contributed by atoms with E-state index >= 15 is 0 Å². The number of hydrogen-bond donors (Lipinski definition) is 2. The van der Waals surface area contributed by atoms with Crippen LogP contribution in [0.2, 0.25) is 0 Å². The summed E-state index contributed by atoms with van der Waals surface area (Å²) in [5.74, 6) is 0.605. The van der Waals surface area contributed by atoms with E-state index in [1.165, 1.54) is 23.3 Å². The average molecular weight is 397 g/mol. The van der Waals surface area contributed by atoms with Crippen molar-refractivity contribution in [2.45, 2.75) is 17.4 Å². The van der Waals surface area contributed by atoms with Gasteiger partial charge >= 0.3 is 0 Å². The first kappa shape index (κ1) is 20.1. The summed E-state index contributed by atoms with van der Waals surface area (Å²) in [4.78, 5) is 0.0741. The average Bonchev–Trinajstić information content (AvgIpc) is 2.71. The molecule has 3 aromatic carbocycles. The van der Waals surface area contributed by atoms with Gasteiger partial charge in [0.15, 0.2) is 0 Å². The maximum absolute atomic E-state index is 11.3. The number of nitrogens with two attached hydrogens (primary N) is 1. The number of primary sulfonamides is 1. The summed E-state index contributed by atoms with van der Waals surface area (Å²) in [6.07, 6.45) is 0.883. The Morgan fingerprint density at radius 3 is 2.07 bits per heavy atom. The first-order chi connectivity index (χ1) is 13.5. The minimum Gasteiger partial charge on any atom is -0.492 e. The molecule has 3 N–H and O–H groups in total. The van der Waals surface area contributed by atoms with Gasteiger partial charge in [0, 0.05) is 12.6 Å². The summed E-state index contributed by atoms with van der Waals surface area (Å²) in [6.45, 7) is 1.12. The standard InChI is InChI=1S/C22H24N2O3S/c23-28(25,26)21-13-11-20(12-14-21)27-16-15-24-22(19-9-5-2-6-10-19)17-18-7-3-1-4-8-18/h1-14,22,24H,15-17H2,(H2,23,25,26). The topological polar surface area (TPSA) is 81.4 Å². The Labute approximate surface area is 166 Å². The third kappa shape index (κ3) is 5.92. The monoisotopic (exact) mass is 396 g/mol. The van der Waals surface area contributed by atoms with Crippen molar-refractivity contribution < 1.29 is 13.2 Å². The second kappa shape index (κ2) is 9.50. The van der Waals surface area contributed by atoms with E-state index in [1.54, 1.807) is 12.1 Å². The molecule has 146 valence electrons. The highest BCUT2D eigenvalue weighted by Crippen LogP contribution is 2.18. The number of benzene rings is 3. The van der Waals surface area contributed by atoms with Crippen molar-refractivity contribution >= 4 is 10.0 Å². The van der Waals surface area contributed by atoms with Gasteiger partial charge in [0.05, 0.1) is 4.90 Å². The molecule has 0 aromatic heterocycles. The van der Waals surface area contributed by atoms with Crippen LogP contribution in [0.5, 0.6) is 5.75 Å². The molecule has 0 spiro atoms. The molecule has 3 rings (SSSR count). The van der Waals surface area contributed by atoms with Crippen LogP contribution in [0.15, 0.2) is 89.8 Å². The summed E-state index contributed by atoms with van der Waals surface area (Å²) >= 11 is 0. The van der Waals surface area contributed by atoms with Crippen LogP contribution in [0.4, 0.5) is 0 Å². The van der Waals surface area contributed by atoms with Crippen molar-refractivity contribution in [3.05, 3.63) is 96.1 Å². The van der Waals surface area contributed by atoms with Gasteiger partial charge in [-0.1, -0.05) is 60.7 Å². The van der Waals surface area contributed by atoms with E-state index in [9.17, 15) is 8.42 Å². The fourth-order valence-corrected chi connectivity index (χ4v) is 3.49. The van der Waals surface area contributed by atoms with Gasteiger partial charge in [-0.25, -0.2) is 13.6 Å². The molecule has 3 aromatic rings. The zero-order valence-electron chi connectivity index (χ0n) is 15.5. The molecule has 28 heavy (non-hydrogen) atoms. The highest BCUT2D eigenvalue weighted by Gasteiger charge is 2.12.